The van der Waals surface area contributed by atoms with Crippen LogP contribution in [0.15, 0.2) is 46.9 Å². The molecule has 0 fully saturated rings. The molecule has 0 aliphatic carbocycles. The van der Waals surface area contributed by atoms with Crippen LogP contribution in [0.2, 0.25) is 0 Å². The Labute approximate surface area is 141 Å². The number of nitrogens with one attached hydrogen (secondary N) is 2. The van der Waals surface area contributed by atoms with Crippen LogP contribution in [-0.4, -0.2) is 23.5 Å². The highest BCUT2D eigenvalue weighted by molar-refractivity contribution is 9.10. The van der Waals surface area contributed by atoms with Crippen molar-refractivity contribution in [3.63, 3.8) is 0 Å². The molecule has 0 bridgehead atoms. The van der Waals surface area contributed by atoms with E-state index in [1.54, 1.807) is 12.1 Å². The van der Waals surface area contributed by atoms with Gasteiger partial charge >= 0.3 is 5.97 Å². The molecule has 1 amide bonds. The van der Waals surface area contributed by atoms with E-state index in [1.807, 2.05) is 18.2 Å². The number of carboxylic acids is 1. The average Bonchev–Trinajstić information content (AvgIpc) is 2.55. The zero-order valence-corrected chi connectivity index (χ0v) is 13.8. The van der Waals surface area contributed by atoms with E-state index in [0.29, 0.717) is 5.69 Å². The number of fused-ring (bicyclic) bond motifs is 1. The maximum atomic E-state index is 12.6. The van der Waals surface area contributed by atoms with Crippen LogP contribution in [-0.2, 0) is 11.2 Å². The Morgan fingerprint density at radius 3 is 2.61 bits per heavy atom. The SMILES string of the molecule is O=C(O)c1ccc(NC(=O)C2NCCc3c(Br)cccc32)cc1. The summed E-state index contributed by atoms with van der Waals surface area (Å²) in [5, 5.41) is 14.9. The summed E-state index contributed by atoms with van der Waals surface area (Å²) in [6.07, 6.45) is 0.869. The van der Waals surface area contributed by atoms with Gasteiger partial charge in [-0.15, -0.1) is 0 Å². The molecule has 2 aromatic carbocycles. The summed E-state index contributed by atoms with van der Waals surface area (Å²) in [4.78, 5) is 23.4. The van der Waals surface area contributed by atoms with Gasteiger partial charge in [-0.05, 0) is 47.9 Å². The number of amides is 1. The highest BCUT2D eigenvalue weighted by atomic mass is 79.9. The Bertz CT molecular complexity index is 759. The van der Waals surface area contributed by atoms with Crippen molar-refractivity contribution in [1.29, 1.82) is 0 Å². The molecule has 3 rings (SSSR count). The molecule has 0 radical (unpaired) electrons. The number of benzene rings is 2. The number of rotatable bonds is 3. The lowest BCUT2D eigenvalue weighted by atomic mass is 9.94. The van der Waals surface area contributed by atoms with Crippen molar-refractivity contribution in [3.05, 3.63) is 63.6 Å². The number of aromatic carboxylic acids is 1. The molecule has 0 saturated heterocycles. The molecular formula is C17H15BrN2O3. The van der Waals surface area contributed by atoms with Crippen LogP contribution in [0.1, 0.15) is 27.5 Å². The van der Waals surface area contributed by atoms with Crippen molar-refractivity contribution in [1.82, 2.24) is 5.32 Å². The second-order valence-corrected chi connectivity index (χ2v) is 6.17. The molecule has 5 nitrogen and oxygen atoms in total. The Kier molecular flexibility index (Phi) is 4.45. The van der Waals surface area contributed by atoms with Crippen molar-refractivity contribution in [2.75, 3.05) is 11.9 Å². The number of carbonyl (C=O) groups excluding carboxylic acids is 1. The number of halogens is 1. The third-order valence-corrected chi connectivity index (χ3v) is 4.59. The molecule has 0 aromatic heterocycles. The van der Waals surface area contributed by atoms with Gasteiger partial charge in [0.15, 0.2) is 0 Å². The third-order valence-electron chi connectivity index (χ3n) is 3.85. The highest BCUT2D eigenvalue weighted by Crippen LogP contribution is 2.29. The van der Waals surface area contributed by atoms with Crippen LogP contribution in [0.5, 0.6) is 0 Å². The van der Waals surface area contributed by atoms with Crippen LogP contribution >= 0.6 is 15.9 Å². The number of anilines is 1. The van der Waals surface area contributed by atoms with Gasteiger partial charge in [-0.2, -0.15) is 0 Å². The van der Waals surface area contributed by atoms with E-state index < -0.39 is 12.0 Å². The molecule has 23 heavy (non-hydrogen) atoms. The molecular weight excluding hydrogens is 360 g/mol. The van der Waals surface area contributed by atoms with Gasteiger partial charge in [0.05, 0.1) is 5.56 Å². The molecule has 2 aromatic rings. The largest absolute Gasteiger partial charge is 0.478 e. The quantitative estimate of drug-likeness (QED) is 0.771. The summed E-state index contributed by atoms with van der Waals surface area (Å²) in [5.74, 6) is -1.15. The Hall–Kier alpha value is -2.18. The molecule has 1 heterocycles. The standard InChI is InChI=1S/C17H15BrN2O3/c18-14-3-1-2-13-12(14)8-9-19-15(13)16(21)20-11-6-4-10(5-7-11)17(22)23/h1-7,15,19H,8-9H2,(H,20,21)(H,22,23). The van der Waals surface area contributed by atoms with Gasteiger partial charge in [0.1, 0.15) is 6.04 Å². The number of hydrogen-bond donors (Lipinski definition) is 3. The molecule has 1 unspecified atom stereocenters. The van der Waals surface area contributed by atoms with E-state index in [1.165, 1.54) is 12.1 Å². The minimum Gasteiger partial charge on any atom is -0.478 e. The zero-order valence-electron chi connectivity index (χ0n) is 12.2. The van der Waals surface area contributed by atoms with Crippen LogP contribution in [0.25, 0.3) is 0 Å². The molecule has 3 N–H and O–H groups in total. The highest BCUT2D eigenvalue weighted by Gasteiger charge is 2.27. The first-order chi connectivity index (χ1) is 11.1. The molecule has 1 aliphatic heterocycles. The van der Waals surface area contributed by atoms with E-state index in [4.69, 9.17) is 5.11 Å². The Morgan fingerprint density at radius 1 is 1.17 bits per heavy atom. The first-order valence-electron chi connectivity index (χ1n) is 7.21. The van der Waals surface area contributed by atoms with Gasteiger partial charge in [-0.1, -0.05) is 28.1 Å². The van der Waals surface area contributed by atoms with Gasteiger partial charge in [0, 0.05) is 16.7 Å². The number of carboxylic acid groups (broad SMARTS) is 1. The summed E-state index contributed by atoms with van der Waals surface area (Å²) in [6, 6.07) is 11.5. The molecule has 6 heteroatoms. The Balaban J connectivity index is 1.79. The predicted molar refractivity (Wildman–Crippen MR) is 90.6 cm³/mol. The zero-order chi connectivity index (χ0) is 16.4. The lowest BCUT2D eigenvalue weighted by Crippen LogP contribution is -2.38. The molecule has 0 spiro atoms. The van der Waals surface area contributed by atoms with Gasteiger partial charge < -0.3 is 15.7 Å². The van der Waals surface area contributed by atoms with Gasteiger partial charge in [-0.25, -0.2) is 4.79 Å². The minimum atomic E-state index is -0.990. The fourth-order valence-corrected chi connectivity index (χ4v) is 3.29. The van der Waals surface area contributed by atoms with E-state index >= 15 is 0 Å². The lowest BCUT2D eigenvalue weighted by Gasteiger charge is -2.27. The second-order valence-electron chi connectivity index (χ2n) is 5.32. The molecule has 1 aliphatic rings. The van der Waals surface area contributed by atoms with E-state index in [-0.39, 0.29) is 11.5 Å². The third kappa shape index (κ3) is 3.28. The van der Waals surface area contributed by atoms with Crippen LogP contribution < -0.4 is 10.6 Å². The maximum Gasteiger partial charge on any atom is 0.335 e. The molecule has 118 valence electrons. The summed E-state index contributed by atoms with van der Waals surface area (Å²) < 4.78 is 1.01. The van der Waals surface area contributed by atoms with Crippen molar-refractivity contribution >= 4 is 33.5 Å². The van der Waals surface area contributed by atoms with Crippen LogP contribution in [0, 0.1) is 0 Å². The van der Waals surface area contributed by atoms with Gasteiger partial charge in [0.2, 0.25) is 5.91 Å². The van der Waals surface area contributed by atoms with E-state index in [2.05, 4.69) is 26.6 Å². The summed E-state index contributed by atoms with van der Waals surface area (Å²) >= 11 is 3.53. The van der Waals surface area contributed by atoms with Crippen LogP contribution in [0.4, 0.5) is 5.69 Å². The van der Waals surface area contributed by atoms with Crippen molar-refractivity contribution in [2.24, 2.45) is 0 Å². The van der Waals surface area contributed by atoms with Crippen LogP contribution in [0.3, 0.4) is 0 Å². The van der Waals surface area contributed by atoms with Crippen molar-refractivity contribution in [3.8, 4) is 0 Å². The van der Waals surface area contributed by atoms with E-state index in [9.17, 15) is 9.59 Å². The smallest absolute Gasteiger partial charge is 0.335 e. The second kappa shape index (κ2) is 6.52. The monoisotopic (exact) mass is 374 g/mol. The minimum absolute atomic E-state index is 0.160. The predicted octanol–water partition coefficient (Wildman–Crippen LogP) is 2.97. The fraction of sp³-hybridized carbons (Fsp3) is 0.176. The number of carbonyl (C=O) groups is 2. The Morgan fingerprint density at radius 2 is 1.91 bits per heavy atom. The summed E-state index contributed by atoms with van der Waals surface area (Å²) in [7, 11) is 0. The van der Waals surface area contributed by atoms with Gasteiger partial charge in [0.25, 0.3) is 0 Å². The summed E-state index contributed by atoms with van der Waals surface area (Å²) in [5.41, 5.74) is 2.87. The lowest BCUT2D eigenvalue weighted by molar-refractivity contribution is -0.118. The molecule has 0 saturated carbocycles. The molecule has 1 atom stereocenters. The number of hydrogen-bond acceptors (Lipinski definition) is 3. The normalized spacial score (nSPS) is 16.5. The van der Waals surface area contributed by atoms with Crippen molar-refractivity contribution in [2.45, 2.75) is 12.5 Å². The average molecular weight is 375 g/mol. The first kappa shape index (κ1) is 15.7. The van der Waals surface area contributed by atoms with E-state index in [0.717, 1.165) is 28.6 Å². The van der Waals surface area contributed by atoms with Crippen molar-refractivity contribution < 1.29 is 14.7 Å². The maximum absolute atomic E-state index is 12.6. The van der Waals surface area contributed by atoms with Gasteiger partial charge in [-0.3, -0.25) is 4.79 Å². The fourth-order valence-electron chi connectivity index (χ4n) is 2.71. The topological polar surface area (TPSA) is 78.4 Å². The first-order valence-corrected chi connectivity index (χ1v) is 8.00. The summed E-state index contributed by atoms with van der Waals surface area (Å²) in [6.45, 7) is 0.728.